The molecule has 2 rings (SSSR count). The van der Waals surface area contributed by atoms with Crippen LogP contribution in [0.5, 0.6) is 5.75 Å². The molecular formula is C18H27N3O. The van der Waals surface area contributed by atoms with Crippen molar-refractivity contribution in [1.82, 2.24) is 10.2 Å². The zero-order chi connectivity index (χ0) is 16.1. The Kier molecular flexibility index (Phi) is 5.61. The summed E-state index contributed by atoms with van der Waals surface area (Å²) in [5.41, 5.74) is 10.1. The van der Waals surface area contributed by atoms with E-state index in [9.17, 15) is 0 Å². The van der Waals surface area contributed by atoms with Gasteiger partial charge in [-0.2, -0.15) is 5.10 Å². The quantitative estimate of drug-likeness (QED) is 0.804. The van der Waals surface area contributed by atoms with Gasteiger partial charge in [0, 0.05) is 17.8 Å². The summed E-state index contributed by atoms with van der Waals surface area (Å²) >= 11 is 0. The molecule has 0 bridgehead atoms. The third-order valence-electron chi connectivity index (χ3n) is 4.32. The molecule has 2 aromatic rings. The summed E-state index contributed by atoms with van der Waals surface area (Å²) in [5.74, 6) is 1.43. The number of hydrogen-bond donors (Lipinski definition) is 2. The monoisotopic (exact) mass is 301 g/mol. The zero-order valence-electron chi connectivity index (χ0n) is 14.0. The van der Waals surface area contributed by atoms with Gasteiger partial charge in [0.15, 0.2) is 0 Å². The number of benzene rings is 1. The highest BCUT2D eigenvalue weighted by molar-refractivity contribution is 5.37. The van der Waals surface area contributed by atoms with Gasteiger partial charge in [-0.25, -0.2) is 0 Å². The summed E-state index contributed by atoms with van der Waals surface area (Å²) in [6.07, 6.45) is 1.87. The van der Waals surface area contributed by atoms with Crippen LogP contribution in [0.1, 0.15) is 68.1 Å². The molecular weight excluding hydrogens is 274 g/mol. The number of hydrogen-bond acceptors (Lipinski definition) is 3. The number of nitrogens with two attached hydrogens (primary N) is 1. The SMILES string of the molecule is CCC(C)c1ccccc1OC(CC)c1n[nH]c(C)c1CN. The molecule has 0 spiro atoms. The van der Waals surface area contributed by atoms with Crippen molar-refractivity contribution >= 4 is 0 Å². The van der Waals surface area contributed by atoms with Crippen molar-refractivity contribution in [2.24, 2.45) is 5.73 Å². The van der Waals surface area contributed by atoms with Crippen LogP contribution in [0.4, 0.5) is 0 Å². The Morgan fingerprint density at radius 1 is 1.23 bits per heavy atom. The van der Waals surface area contributed by atoms with E-state index in [0.717, 1.165) is 35.5 Å². The van der Waals surface area contributed by atoms with Gasteiger partial charge < -0.3 is 10.5 Å². The maximum absolute atomic E-state index is 6.32. The van der Waals surface area contributed by atoms with Crippen LogP contribution in [0.2, 0.25) is 0 Å². The smallest absolute Gasteiger partial charge is 0.142 e. The Labute approximate surface area is 133 Å². The van der Waals surface area contributed by atoms with Gasteiger partial charge in [0.05, 0.1) is 0 Å². The molecule has 0 aliphatic carbocycles. The molecule has 2 unspecified atom stereocenters. The summed E-state index contributed by atoms with van der Waals surface area (Å²) < 4.78 is 6.32. The van der Waals surface area contributed by atoms with Gasteiger partial charge in [-0.15, -0.1) is 0 Å². The lowest BCUT2D eigenvalue weighted by Crippen LogP contribution is -2.12. The highest BCUT2D eigenvalue weighted by Crippen LogP contribution is 2.33. The molecule has 22 heavy (non-hydrogen) atoms. The van der Waals surface area contributed by atoms with E-state index >= 15 is 0 Å². The summed E-state index contributed by atoms with van der Waals surface area (Å²) in [6.45, 7) is 9.01. The Hall–Kier alpha value is -1.81. The number of para-hydroxylation sites is 1. The predicted octanol–water partition coefficient (Wildman–Crippen LogP) is 4.22. The number of aryl methyl sites for hydroxylation is 1. The van der Waals surface area contributed by atoms with E-state index in [1.807, 2.05) is 19.1 Å². The molecule has 0 saturated heterocycles. The van der Waals surface area contributed by atoms with Crippen molar-refractivity contribution in [3.8, 4) is 5.75 Å². The lowest BCUT2D eigenvalue weighted by atomic mass is 9.97. The third kappa shape index (κ3) is 3.33. The molecule has 0 radical (unpaired) electrons. The van der Waals surface area contributed by atoms with Crippen molar-refractivity contribution in [3.05, 3.63) is 46.8 Å². The van der Waals surface area contributed by atoms with Crippen LogP contribution < -0.4 is 10.5 Å². The maximum Gasteiger partial charge on any atom is 0.142 e. The van der Waals surface area contributed by atoms with Gasteiger partial charge in [0.25, 0.3) is 0 Å². The van der Waals surface area contributed by atoms with Crippen molar-refractivity contribution in [3.63, 3.8) is 0 Å². The second-order valence-corrected chi connectivity index (χ2v) is 5.78. The van der Waals surface area contributed by atoms with Crippen LogP contribution in [0.3, 0.4) is 0 Å². The van der Waals surface area contributed by atoms with E-state index in [1.165, 1.54) is 5.56 Å². The van der Waals surface area contributed by atoms with E-state index in [1.54, 1.807) is 0 Å². The predicted molar refractivity (Wildman–Crippen MR) is 90.0 cm³/mol. The Bertz CT molecular complexity index is 606. The largest absolute Gasteiger partial charge is 0.484 e. The molecule has 1 aromatic carbocycles. The summed E-state index contributed by atoms with van der Waals surface area (Å²) in [5, 5.41) is 7.45. The molecule has 0 amide bonds. The lowest BCUT2D eigenvalue weighted by molar-refractivity contribution is 0.192. The Morgan fingerprint density at radius 3 is 2.59 bits per heavy atom. The van der Waals surface area contributed by atoms with Gasteiger partial charge in [0.2, 0.25) is 0 Å². The van der Waals surface area contributed by atoms with Crippen LogP contribution in [-0.2, 0) is 6.54 Å². The van der Waals surface area contributed by atoms with Crippen LogP contribution >= 0.6 is 0 Å². The highest BCUT2D eigenvalue weighted by atomic mass is 16.5. The second kappa shape index (κ2) is 7.45. The topological polar surface area (TPSA) is 63.9 Å². The standard InChI is InChI=1S/C18H27N3O/c1-5-12(3)14-9-7-8-10-17(14)22-16(6-2)18-15(11-19)13(4)20-21-18/h7-10,12,16H,5-6,11,19H2,1-4H3,(H,20,21). The fourth-order valence-corrected chi connectivity index (χ4v) is 2.70. The van der Waals surface area contributed by atoms with Gasteiger partial charge in [-0.1, -0.05) is 39.0 Å². The summed E-state index contributed by atoms with van der Waals surface area (Å²) in [4.78, 5) is 0. The van der Waals surface area contributed by atoms with Crippen LogP contribution in [0.25, 0.3) is 0 Å². The first kappa shape index (κ1) is 16.6. The molecule has 1 aromatic heterocycles. The third-order valence-corrected chi connectivity index (χ3v) is 4.32. The molecule has 4 nitrogen and oxygen atoms in total. The fraction of sp³-hybridized carbons (Fsp3) is 0.500. The minimum atomic E-state index is -0.0753. The number of H-pyrrole nitrogens is 1. The zero-order valence-corrected chi connectivity index (χ0v) is 14.0. The Balaban J connectivity index is 2.31. The van der Waals surface area contributed by atoms with E-state index in [2.05, 4.69) is 43.1 Å². The minimum absolute atomic E-state index is 0.0753. The van der Waals surface area contributed by atoms with Crippen molar-refractivity contribution < 1.29 is 4.74 Å². The van der Waals surface area contributed by atoms with Crippen molar-refractivity contribution in [2.75, 3.05) is 0 Å². The van der Waals surface area contributed by atoms with E-state index < -0.39 is 0 Å². The van der Waals surface area contributed by atoms with Crippen molar-refractivity contribution in [2.45, 2.75) is 59.1 Å². The molecule has 0 aliphatic rings. The van der Waals surface area contributed by atoms with Crippen molar-refractivity contribution in [1.29, 1.82) is 0 Å². The van der Waals surface area contributed by atoms with Gasteiger partial charge >= 0.3 is 0 Å². The first-order chi connectivity index (χ1) is 10.6. The minimum Gasteiger partial charge on any atom is -0.484 e. The van der Waals surface area contributed by atoms with E-state index in [4.69, 9.17) is 10.5 Å². The highest BCUT2D eigenvalue weighted by Gasteiger charge is 2.21. The molecule has 0 aliphatic heterocycles. The Morgan fingerprint density at radius 2 is 1.95 bits per heavy atom. The summed E-state index contributed by atoms with van der Waals surface area (Å²) in [6, 6.07) is 8.29. The van der Waals surface area contributed by atoms with Crippen LogP contribution in [0.15, 0.2) is 24.3 Å². The first-order valence-corrected chi connectivity index (χ1v) is 8.11. The number of aromatic nitrogens is 2. The summed E-state index contributed by atoms with van der Waals surface area (Å²) in [7, 11) is 0. The molecule has 3 N–H and O–H groups in total. The molecule has 120 valence electrons. The number of nitrogens with one attached hydrogen (secondary N) is 1. The number of aromatic amines is 1. The molecule has 2 atom stereocenters. The average molecular weight is 301 g/mol. The van der Waals surface area contributed by atoms with Crippen LogP contribution in [-0.4, -0.2) is 10.2 Å². The molecule has 4 heteroatoms. The van der Waals surface area contributed by atoms with E-state index in [-0.39, 0.29) is 6.10 Å². The second-order valence-electron chi connectivity index (χ2n) is 5.78. The molecule has 0 fully saturated rings. The first-order valence-electron chi connectivity index (χ1n) is 8.11. The number of rotatable bonds is 7. The fourth-order valence-electron chi connectivity index (χ4n) is 2.70. The van der Waals surface area contributed by atoms with Gasteiger partial charge in [-0.3, -0.25) is 5.10 Å². The normalized spacial score (nSPS) is 13.9. The number of ether oxygens (including phenoxy) is 1. The maximum atomic E-state index is 6.32. The van der Waals surface area contributed by atoms with Crippen LogP contribution in [0, 0.1) is 6.92 Å². The van der Waals surface area contributed by atoms with Gasteiger partial charge in [0.1, 0.15) is 17.5 Å². The van der Waals surface area contributed by atoms with E-state index in [0.29, 0.717) is 12.5 Å². The number of nitrogens with zero attached hydrogens (tertiary/aromatic N) is 1. The molecule has 0 saturated carbocycles. The van der Waals surface area contributed by atoms with Gasteiger partial charge in [-0.05, 0) is 37.3 Å². The lowest BCUT2D eigenvalue weighted by Gasteiger charge is -2.21. The molecule has 1 heterocycles. The average Bonchev–Trinajstić information content (AvgIpc) is 2.92.